The zero-order chi connectivity index (χ0) is 24.8. The second-order valence-corrected chi connectivity index (χ2v) is 9.19. The fraction of sp³-hybridized carbons (Fsp3) is 0.321. The van der Waals surface area contributed by atoms with E-state index in [1.807, 2.05) is 55.5 Å². The van der Waals surface area contributed by atoms with Gasteiger partial charge in [0.2, 0.25) is 0 Å². The van der Waals surface area contributed by atoms with Crippen LogP contribution >= 0.6 is 11.6 Å². The molecule has 7 heteroatoms. The maximum atomic E-state index is 13.7. The number of piperazine rings is 1. The van der Waals surface area contributed by atoms with Gasteiger partial charge in [-0.25, -0.2) is 4.39 Å². The van der Waals surface area contributed by atoms with Crippen LogP contribution in [0.2, 0.25) is 5.02 Å². The standard InChI is InChI=1S/C28H30ClFN2O3/c1-20-9-10-24(30)17-26(20)28(33)32-13-11-31(12-14-32)18-27(22-6-4-8-25(16-22)34-2)35-19-21-5-3-7-23(29)15-21/h3-10,15-17,27H,11-14,18-19H2,1-2H3/t27-/m1/s1. The molecule has 5 nitrogen and oxygen atoms in total. The van der Waals surface area contributed by atoms with Crippen LogP contribution < -0.4 is 4.74 Å². The molecular weight excluding hydrogens is 467 g/mol. The number of hydrogen-bond acceptors (Lipinski definition) is 4. The summed E-state index contributed by atoms with van der Waals surface area (Å²) in [6.07, 6.45) is -0.184. The lowest BCUT2D eigenvalue weighted by atomic mass is 10.1. The highest BCUT2D eigenvalue weighted by Crippen LogP contribution is 2.26. The van der Waals surface area contributed by atoms with Gasteiger partial charge in [0, 0.05) is 43.3 Å². The predicted octanol–water partition coefficient (Wildman–Crippen LogP) is 5.51. The van der Waals surface area contributed by atoms with Crippen LogP contribution in [0.15, 0.2) is 66.7 Å². The number of ether oxygens (including phenoxy) is 2. The van der Waals surface area contributed by atoms with Gasteiger partial charge in [-0.05, 0) is 60.0 Å². The summed E-state index contributed by atoms with van der Waals surface area (Å²) in [7, 11) is 1.65. The van der Waals surface area contributed by atoms with E-state index in [9.17, 15) is 9.18 Å². The predicted molar refractivity (Wildman–Crippen MR) is 135 cm³/mol. The molecule has 1 amide bonds. The number of halogens is 2. The van der Waals surface area contributed by atoms with E-state index < -0.39 is 5.82 Å². The molecule has 35 heavy (non-hydrogen) atoms. The van der Waals surface area contributed by atoms with E-state index in [1.54, 1.807) is 18.1 Å². The van der Waals surface area contributed by atoms with Gasteiger partial charge in [0.05, 0.1) is 19.8 Å². The van der Waals surface area contributed by atoms with Gasteiger partial charge >= 0.3 is 0 Å². The molecule has 0 unspecified atom stereocenters. The van der Waals surface area contributed by atoms with Crippen molar-refractivity contribution in [2.24, 2.45) is 0 Å². The van der Waals surface area contributed by atoms with Crippen LogP contribution in [0.25, 0.3) is 0 Å². The summed E-state index contributed by atoms with van der Waals surface area (Å²) in [5, 5.41) is 0.679. The van der Waals surface area contributed by atoms with Crippen molar-refractivity contribution >= 4 is 17.5 Å². The lowest BCUT2D eigenvalue weighted by molar-refractivity contribution is 0.00332. The van der Waals surface area contributed by atoms with Crippen molar-refractivity contribution in [2.75, 3.05) is 39.8 Å². The van der Waals surface area contributed by atoms with E-state index in [4.69, 9.17) is 21.1 Å². The number of benzene rings is 3. The third-order valence-corrected chi connectivity index (χ3v) is 6.55. The summed E-state index contributed by atoms with van der Waals surface area (Å²) in [4.78, 5) is 17.1. The smallest absolute Gasteiger partial charge is 0.254 e. The van der Waals surface area contributed by atoms with Gasteiger partial charge in [0.15, 0.2) is 0 Å². The van der Waals surface area contributed by atoms with Gasteiger partial charge in [-0.2, -0.15) is 0 Å². The first-order valence-electron chi connectivity index (χ1n) is 11.7. The Morgan fingerprint density at radius 2 is 1.80 bits per heavy atom. The molecule has 3 aromatic carbocycles. The SMILES string of the molecule is COc1cccc([C@@H](CN2CCN(C(=O)c3cc(F)ccc3C)CC2)OCc2cccc(Cl)c2)c1. The maximum absolute atomic E-state index is 13.7. The molecule has 1 heterocycles. The second kappa shape index (κ2) is 11.7. The van der Waals surface area contributed by atoms with Crippen LogP contribution in [0.4, 0.5) is 4.39 Å². The molecule has 0 aromatic heterocycles. The van der Waals surface area contributed by atoms with Crippen molar-refractivity contribution in [3.05, 3.63) is 99.8 Å². The first kappa shape index (κ1) is 25.2. The molecule has 3 aromatic rings. The molecule has 0 aliphatic carbocycles. The lowest BCUT2D eigenvalue weighted by Crippen LogP contribution is -2.49. The highest BCUT2D eigenvalue weighted by atomic mass is 35.5. The minimum Gasteiger partial charge on any atom is -0.497 e. The van der Waals surface area contributed by atoms with Crippen LogP contribution in [0.3, 0.4) is 0 Å². The Bertz CT molecular complexity index is 1160. The van der Waals surface area contributed by atoms with Crippen molar-refractivity contribution < 1.29 is 18.7 Å². The molecule has 184 valence electrons. The minimum atomic E-state index is -0.393. The number of aryl methyl sites for hydroxylation is 1. The van der Waals surface area contributed by atoms with E-state index >= 15 is 0 Å². The van der Waals surface area contributed by atoms with Crippen LogP contribution in [0, 0.1) is 12.7 Å². The normalized spacial score (nSPS) is 15.1. The van der Waals surface area contributed by atoms with Gasteiger partial charge in [-0.3, -0.25) is 9.69 Å². The van der Waals surface area contributed by atoms with Gasteiger partial charge in [-0.1, -0.05) is 41.9 Å². The van der Waals surface area contributed by atoms with Crippen LogP contribution in [0.5, 0.6) is 5.75 Å². The second-order valence-electron chi connectivity index (χ2n) is 8.76. The number of amides is 1. The molecular formula is C28H30ClFN2O3. The van der Waals surface area contributed by atoms with E-state index in [0.717, 1.165) is 22.4 Å². The topological polar surface area (TPSA) is 42.0 Å². The number of nitrogens with zero attached hydrogens (tertiary/aromatic N) is 2. The molecule has 0 spiro atoms. The summed E-state index contributed by atoms with van der Waals surface area (Å²) < 4.78 is 25.5. The van der Waals surface area contributed by atoms with E-state index in [0.29, 0.717) is 49.9 Å². The first-order valence-corrected chi connectivity index (χ1v) is 12.1. The fourth-order valence-corrected chi connectivity index (χ4v) is 4.50. The summed E-state index contributed by atoms with van der Waals surface area (Å²) in [5.41, 5.74) is 3.25. The van der Waals surface area contributed by atoms with Gasteiger partial charge in [0.25, 0.3) is 5.91 Å². The Hall–Kier alpha value is -2.93. The molecule has 1 saturated heterocycles. The molecule has 0 radical (unpaired) electrons. The fourth-order valence-electron chi connectivity index (χ4n) is 4.28. The maximum Gasteiger partial charge on any atom is 0.254 e. The monoisotopic (exact) mass is 496 g/mol. The van der Waals surface area contributed by atoms with Gasteiger partial charge in [-0.15, -0.1) is 0 Å². The summed E-state index contributed by atoms with van der Waals surface area (Å²) in [6.45, 7) is 5.51. The van der Waals surface area contributed by atoms with Gasteiger partial charge in [0.1, 0.15) is 11.6 Å². The number of rotatable bonds is 8. The van der Waals surface area contributed by atoms with Crippen molar-refractivity contribution in [2.45, 2.75) is 19.6 Å². The quantitative estimate of drug-likeness (QED) is 0.412. The average molecular weight is 497 g/mol. The zero-order valence-corrected chi connectivity index (χ0v) is 20.8. The molecule has 1 aliphatic rings. The van der Waals surface area contributed by atoms with Crippen molar-refractivity contribution in [1.29, 1.82) is 0 Å². The highest BCUT2D eigenvalue weighted by molar-refractivity contribution is 6.30. The Labute approximate surface area is 211 Å². The van der Waals surface area contributed by atoms with E-state index in [-0.39, 0.29) is 12.0 Å². The zero-order valence-electron chi connectivity index (χ0n) is 20.0. The largest absolute Gasteiger partial charge is 0.497 e. The summed E-state index contributed by atoms with van der Waals surface area (Å²) in [5.74, 6) is 0.263. The first-order chi connectivity index (χ1) is 16.9. The van der Waals surface area contributed by atoms with Crippen LogP contribution in [0.1, 0.15) is 33.2 Å². The molecule has 0 saturated carbocycles. The summed E-state index contributed by atoms with van der Waals surface area (Å²) >= 11 is 6.14. The van der Waals surface area contributed by atoms with E-state index in [1.165, 1.54) is 12.1 Å². The number of methoxy groups -OCH3 is 1. The van der Waals surface area contributed by atoms with Crippen molar-refractivity contribution in [3.63, 3.8) is 0 Å². The molecule has 0 bridgehead atoms. The van der Waals surface area contributed by atoms with Crippen LogP contribution in [-0.2, 0) is 11.3 Å². The van der Waals surface area contributed by atoms with Crippen molar-refractivity contribution in [3.8, 4) is 5.75 Å². The van der Waals surface area contributed by atoms with Gasteiger partial charge < -0.3 is 14.4 Å². The number of carbonyl (C=O) groups is 1. The molecule has 1 atom stereocenters. The highest BCUT2D eigenvalue weighted by Gasteiger charge is 2.26. The van der Waals surface area contributed by atoms with E-state index in [2.05, 4.69) is 4.90 Å². The Kier molecular flexibility index (Phi) is 8.39. The summed E-state index contributed by atoms with van der Waals surface area (Å²) in [6, 6.07) is 19.9. The average Bonchev–Trinajstić information content (AvgIpc) is 2.88. The molecule has 4 rings (SSSR count). The molecule has 1 fully saturated rings. The Morgan fingerprint density at radius 1 is 1.03 bits per heavy atom. The molecule has 0 N–H and O–H groups in total. The minimum absolute atomic E-state index is 0.122. The number of hydrogen-bond donors (Lipinski definition) is 0. The lowest BCUT2D eigenvalue weighted by Gasteiger charge is -2.36. The third kappa shape index (κ3) is 6.60. The Balaban J connectivity index is 1.42. The van der Waals surface area contributed by atoms with Crippen LogP contribution in [-0.4, -0.2) is 55.5 Å². The Morgan fingerprint density at radius 3 is 2.54 bits per heavy atom. The number of carbonyl (C=O) groups excluding carboxylic acids is 1. The third-order valence-electron chi connectivity index (χ3n) is 6.32. The molecule has 1 aliphatic heterocycles. The van der Waals surface area contributed by atoms with Crippen molar-refractivity contribution in [1.82, 2.24) is 9.80 Å².